The van der Waals surface area contributed by atoms with E-state index in [1.54, 1.807) is 31.2 Å². The maximum Gasteiger partial charge on any atom is 0.435 e. The van der Waals surface area contributed by atoms with Crippen molar-refractivity contribution in [1.29, 1.82) is 0 Å². The highest BCUT2D eigenvalue weighted by Gasteiger charge is 2.35. The van der Waals surface area contributed by atoms with Gasteiger partial charge in [-0.15, -0.1) is 0 Å². The van der Waals surface area contributed by atoms with E-state index in [0.29, 0.717) is 17.3 Å². The van der Waals surface area contributed by atoms with Crippen LogP contribution in [0.15, 0.2) is 30.3 Å². The lowest BCUT2D eigenvalue weighted by molar-refractivity contribution is -0.141. The van der Waals surface area contributed by atoms with Gasteiger partial charge in [0.2, 0.25) is 0 Å². The van der Waals surface area contributed by atoms with Crippen LogP contribution in [0, 0.1) is 6.92 Å². The molecular weight excluding hydrogens is 259 g/mol. The third kappa shape index (κ3) is 2.44. The summed E-state index contributed by atoms with van der Waals surface area (Å²) >= 11 is 0. The number of nitrogens with zero attached hydrogens (tertiary/aromatic N) is 2. The molecule has 2 N–H and O–H groups in total. The zero-order valence-electron chi connectivity index (χ0n) is 9.90. The Morgan fingerprint density at radius 3 is 2.47 bits per heavy atom. The van der Waals surface area contributed by atoms with Gasteiger partial charge in [0.1, 0.15) is 5.69 Å². The van der Waals surface area contributed by atoms with E-state index in [-0.39, 0.29) is 5.69 Å². The standard InChI is InChI=1S/C12H10F3N3O/c1-7-4-2-3-5-8(7)18-9(11(16)19)6-10(17-18)12(13,14)15/h2-6H,1H3,(H2,16,19). The minimum absolute atomic E-state index is 0.304. The fourth-order valence-corrected chi connectivity index (χ4v) is 1.68. The van der Waals surface area contributed by atoms with Crippen molar-refractivity contribution in [1.82, 2.24) is 9.78 Å². The molecule has 0 aliphatic rings. The summed E-state index contributed by atoms with van der Waals surface area (Å²) in [6.45, 7) is 1.70. The maximum absolute atomic E-state index is 12.6. The number of carbonyl (C=O) groups is 1. The average Bonchev–Trinajstić information content (AvgIpc) is 2.74. The molecular formula is C12H10F3N3O. The molecule has 1 heterocycles. The minimum Gasteiger partial charge on any atom is -0.364 e. The van der Waals surface area contributed by atoms with Gasteiger partial charge in [-0.3, -0.25) is 4.79 Å². The monoisotopic (exact) mass is 269 g/mol. The molecule has 0 atom stereocenters. The number of amides is 1. The maximum atomic E-state index is 12.6. The Bertz CT molecular complexity index is 631. The highest BCUT2D eigenvalue weighted by Crippen LogP contribution is 2.29. The van der Waals surface area contributed by atoms with E-state index in [9.17, 15) is 18.0 Å². The number of alkyl halides is 3. The Morgan fingerprint density at radius 1 is 1.32 bits per heavy atom. The van der Waals surface area contributed by atoms with Crippen LogP contribution in [0.3, 0.4) is 0 Å². The molecule has 0 aliphatic heterocycles. The van der Waals surface area contributed by atoms with Crippen molar-refractivity contribution in [2.24, 2.45) is 5.73 Å². The summed E-state index contributed by atoms with van der Waals surface area (Å²) < 4.78 is 38.8. The molecule has 0 aliphatic carbocycles. The second kappa shape index (κ2) is 4.42. The van der Waals surface area contributed by atoms with Gasteiger partial charge in [-0.05, 0) is 18.6 Å². The van der Waals surface area contributed by atoms with Gasteiger partial charge in [0, 0.05) is 6.07 Å². The number of aryl methyl sites for hydroxylation is 1. The zero-order chi connectivity index (χ0) is 14.2. The second-order valence-electron chi connectivity index (χ2n) is 3.98. The summed E-state index contributed by atoms with van der Waals surface area (Å²) in [4.78, 5) is 11.2. The van der Waals surface area contributed by atoms with E-state index in [4.69, 9.17) is 5.73 Å². The summed E-state index contributed by atoms with van der Waals surface area (Å²) in [6.07, 6.45) is -4.63. The number of aromatic nitrogens is 2. The summed E-state index contributed by atoms with van der Waals surface area (Å²) in [5, 5.41) is 3.42. The fraction of sp³-hybridized carbons (Fsp3) is 0.167. The molecule has 0 radical (unpaired) electrons. The lowest BCUT2D eigenvalue weighted by atomic mass is 10.2. The van der Waals surface area contributed by atoms with Crippen LogP contribution < -0.4 is 5.73 Å². The summed E-state index contributed by atoms with van der Waals surface area (Å²) in [5.41, 5.74) is 4.70. The van der Waals surface area contributed by atoms with Gasteiger partial charge in [0.15, 0.2) is 5.69 Å². The van der Waals surface area contributed by atoms with Crippen LogP contribution in [-0.4, -0.2) is 15.7 Å². The zero-order valence-corrected chi connectivity index (χ0v) is 9.90. The Kier molecular flexibility index (Phi) is 3.05. The highest BCUT2D eigenvalue weighted by atomic mass is 19.4. The van der Waals surface area contributed by atoms with Crippen molar-refractivity contribution >= 4 is 5.91 Å². The van der Waals surface area contributed by atoms with Gasteiger partial charge in [-0.2, -0.15) is 18.3 Å². The SMILES string of the molecule is Cc1ccccc1-n1nc(C(F)(F)F)cc1C(N)=O. The summed E-state index contributed by atoms with van der Waals surface area (Å²) in [6, 6.07) is 7.29. The molecule has 1 aromatic heterocycles. The van der Waals surface area contributed by atoms with Gasteiger partial charge in [-0.25, -0.2) is 4.68 Å². The predicted octanol–water partition coefficient (Wildman–Crippen LogP) is 2.30. The number of benzene rings is 1. The lowest BCUT2D eigenvalue weighted by Gasteiger charge is -2.08. The number of hydrogen-bond acceptors (Lipinski definition) is 2. The first-order valence-electron chi connectivity index (χ1n) is 5.34. The van der Waals surface area contributed by atoms with Crippen LogP contribution in [0.2, 0.25) is 0 Å². The number of rotatable bonds is 2. The van der Waals surface area contributed by atoms with Crippen LogP contribution in [0.4, 0.5) is 13.2 Å². The predicted molar refractivity (Wildman–Crippen MR) is 61.8 cm³/mol. The number of primary amides is 1. The van der Waals surface area contributed by atoms with Gasteiger partial charge in [0.25, 0.3) is 5.91 Å². The van der Waals surface area contributed by atoms with Gasteiger partial charge < -0.3 is 5.73 Å². The average molecular weight is 269 g/mol. The Balaban J connectivity index is 2.66. The van der Waals surface area contributed by atoms with E-state index in [1.165, 1.54) is 0 Å². The van der Waals surface area contributed by atoms with Crippen molar-refractivity contribution in [2.75, 3.05) is 0 Å². The van der Waals surface area contributed by atoms with Crippen molar-refractivity contribution in [3.63, 3.8) is 0 Å². The van der Waals surface area contributed by atoms with Crippen molar-refractivity contribution in [3.8, 4) is 5.69 Å². The van der Waals surface area contributed by atoms with Crippen molar-refractivity contribution in [2.45, 2.75) is 13.1 Å². The molecule has 19 heavy (non-hydrogen) atoms. The van der Waals surface area contributed by atoms with E-state index in [2.05, 4.69) is 5.10 Å². The van der Waals surface area contributed by atoms with Crippen molar-refractivity contribution in [3.05, 3.63) is 47.3 Å². The van der Waals surface area contributed by atoms with Crippen LogP contribution in [0.1, 0.15) is 21.7 Å². The molecule has 1 aromatic carbocycles. The molecule has 0 saturated heterocycles. The Morgan fingerprint density at radius 2 is 1.95 bits per heavy atom. The molecule has 100 valence electrons. The largest absolute Gasteiger partial charge is 0.435 e. The summed E-state index contributed by atoms with van der Waals surface area (Å²) in [7, 11) is 0. The molecule has 2 rings (SSSR count). The smallest absolute Gasteiger partial charge is 0.364 e. The van der Waals surface area contributed by atoms with Crippen LogP contribution in [-0.2, 0) is 6.18 Å². The van der Waals surface area contributed by atoms with E-state index in [1.807, 2.05) is 0 Å². The summed E-state index contributed by atoms with van der Waals surface area (Å²) in [5.74, 6) is -0.966. The molecule has 0 fully saturated rings. The van der Waals surface area contributed by atoms with E-state index in [0.717, 1.165) is 4.68 Å². The number of halogens is 3. The molecule has 2 aromatic rings. The molecule has 0 saturated carbocycles. The molecule has 0 bridgehead atoms. The molecule has 1 amide bonds. The molecule has 7 heteroatoms. The van der Waals surface area contributed by atoms with Crippen molar-refractivity contribution < 1.29 is 18.0 Å². The fourth-order valence-electron chi connectivity index (χ4n) is 1.68. The van der Waals surface area contributed by atoms with Crippen LogP contribution in [0.5, 0.6) is 0 Å². The van der Waals surface area contributed by atoms with E-state index >= 15 is 0 Å². The minimum atomic E-state index is -4.63. The van der Waals surface area contributed by atoms with Gasteiger partial charge >= 0.3 is 6.18 Å². The van der Waals surface area contributed by atoms with Gasteiger partial charge in [-0.1, -0.05) is 18.2 Å². The normalized spacial score (nSPS) is 11.6. The first kappa shape index (κ1) is 13.1. The topological polar surface area (TPSA) is 60.9 Å². The number of para-hydroxylation sites is 1. The molecule has 0 spiro atoms. The highest BCUT2D eigenvalue weighted by molar-refractivity contribution is 5.91. The lowest BCUT2D eigenvalue weighted by Crippen LogP contribution is -2.17. The second-order valence-corrected chi connectivity index (χ2v) is 3.98. The van der Waals surface area contributed by atoms with Gasteiger partial charge in [0.05, 0.1) is 5.69 Å². The molecule has 0 unspecified atom stereocenters. The van der Waals surface area contributed by atoms with E-state index < -0.39 is 17.8 Å². The number of nitrogens with two attached hydrogens (primary N) is 1. The first-order chi connectivity index (χ1) is 8.80. The van der Waals surface area contributed by atoms with Crippen LogP contribution in [0.25, 0.3) is 5.69 Å². The van der Waals surface area contributed by atoms with Crippen LogP contribution >= 0.6 is 0 Å². The quantitative estimate of drug-likeness (QED) is 0.909. The Hall–Kier alpha value is -2.31. The number of hydrogen-bond donors (Lipinski definition) is 1. The number of carbonyl (C=O) groups excluding carboxylic acids is 1. The third-order valence-corrected chi connectivity index (χ3v) is 2.60. The first-order valence-corrected chi connectivity index (χ1v) is 5.34. The third-order valence-electron chi connectivity index (χ3n) is 2.60. The molecule has 4 nitrogen and oxygen atoms in total. The Labute approximate surface area is 106 Å².